The molecule has 1 saturated heterocycles. The molecule has 2 unspecified atom stereocenters. The van der Waals surface area contributed by atoms with E-state index in [1.165, 1.54) is 6.08 Å². The van der Waals surface area contributed by atoms with Crippen molar-refractivity contribution in [2.45, 2.75) is 58.7 Å². The zero-order valence-corrected chi connectivity index (χ0v) is 13.5. The third kappa shape index (κ3) is 7.15. The molecule has 1 aliphatic heterocycles. The number of allylic oxidation sites excluding steroid dienone is 3. The highest BCUT2D eigenvalue weighted by atomic mass is 16.6. The fourth-order valence-corrected chi connectivity index (χ4v) is 2.17. The van der Waals surface area contributed by atoms with Crippen LogP contribution in [0.3, 0.4) is 0 Å². The summed E-state index contributed by atoms with van der Waals surface area (Å²) in [6.45, 7) is 8.40. The fourth-order valence-electron chi connectivity index (χ4n) is 2.17. The lowest BCUT2D eigenvalue weighted by atomic mass is 9.97. The lowest BCUT2D eigenvalue weighted by Crippen LogP contribution is -2.04. The molecule has 3 nitrogen and oxygen atoms in total. The molecule has 0 aliphatic carbocycles. The second kappa shape index (κ2) is 8.05. The summed E-state index contributed by atoms with van der Waals surface area (Å²) < 4.78 is 10.4. The van der Waals surface area contributed by atoms with Gasteiger partial charge in [-0.25, -0.2) is 4.79 Å². The van der Waals surface area contributed by atoms with Crippen LogP contribution in [0.4, 0.5) is 0 Å². The van der Waals surface area contributed by atoms with Gasteiger partial charge in [-0.15, -0.1) is 6.42 Å². The molecule has 0 amide bonds. The second-order valence-electron chi connectivity index (χ2n) is 6.23. The molecular formula is C18H26O3. The summed E-state index contributed by atoms with van der Waals surface area (Å²) in [6.07, 6.45) is 14.2. The van der Waals surface area contributed by atoms with E-state index in [9.17, 15) is 4.79 Å². The number of carbonyl (C=O) groups is 1. The Morgan fingerprint density at radius 3 is 2.76 bits per heavy atom. The van der Waals surface area contributed by atoms with Crippen LogP contribution in [0.25, 0.3) is 0 Å². The van der Waals surface area contributed by atoms with Gasteiger partial charge in [-0.1, -0.05) is 25.0 Å². The maximum atomic E-state index is 11.3. The topological polar surface area (TPSA) is 38.8 Å². The van der Waals surface area contributed by atoms with Crippen LogP contribution in [0.15, 0.2) is 23.8 Å². The van der Waals surface area contributed by atoms with Crippen molar-refractivity contribution in [1.82, 2.24) is 0 Å². The molecule has 116 valence electrons. The van der Waals surface area contributed by atoms with Gasteiger partial charge in [-0.2, -0.15) is 0 Å². The lowest BCUT2D eigenvalue weighted by molar-refractivity contribution is -0.136. The molecule has 21 heavy (non-hydrogen) atoms. The Labute approximate surface area is 128 Å². The van der Waals surface area contributed by atoms with Crippen molar-refractivity contribution in [3.8, 4) is 12.3 Å². The van der Waals surface area contributed by atoms with Crippen LogP contribution in [0.2, 0.25) is 0 Å². The molecule has 0 aromatic rings. The van der Waals surface area contributed by atoms with Gasteiger partial charge in [0.15, 0.2) is 6.61 Å². The molecule has 0 radical (unpaired) electrons. The summed E-state index contributed by atoms with van der Waals surface area (Å²) in [5.41, 5.74) is 0.962. The maximum Gasteiger partial charge on any atom is 0.331 e. The van der Waals surface area contributed by atoms with Crippen LogP contribution in [-0.2, 0) is 14.3 Å². The van der Waals surface area contributed by atoms with Crippen molar-refractivity contribution < 1.29 is 14.3 Å². The minimum absolute atomic E-state index is 0.0168. The van der Waals surface area contributed by atoms with Crippen molar-refractivity contribution in [2.24, 2.45) is 5.92 Å². The predicted molar refractivity (Wildman–Crippen MR) is 84.7 cm³/mol. The van der Waals surface area contributed by atoms with Crippen LogP contribution in [0.1, 0.15) is 47.0 Å². The Balaban J connectivity index is 2.22. The van der Waals surface area contributed by atoms with Gasteiger partial charge in [-0.3, -0.25) is 0 Å². The van der Waals surface area contributed by atoms with Crippen molar-refractivity contribution in [2.75, 3.05) is 6.61 Å². The van der Waals surface area contributed by atoms with Gasteiger partial charge in [-0.05, 0) is 51.5 Å². The normalized spacial score (nSPS) is 21.9. The third-order valence-corrected chi connectivity index (χ3v) is 3.65. The van der Waals surface area contributed by atoms with E-state index < -0.39 is 5.97 Å². The number of terminal acetylenes is 1. The summed E-state index contributed by atoms with van der Waals surface area (Å²) in [4.78, 5) is 11.3. The zero-order chi connectivity index (χ0) is 15.9. The minimum Gasteiger partial charge on any atom is -0.449 e. The van der Waals surface area contributed by atoms with Gasteiger partial charge < -0.3 is 9.47 Å². The van der Waals surface area contributed by atoms with Gasteiger partial charge in [0.25, 0.3) is 0 Å². The van der Waals surface area contributed by atoms with Crippen LogP contribution >= 0.6 is 0 Å². The molecule has 0 aromatic carbocycles. The van der Waals surface area contributed by atoms with E-state index >= 15 is 0 Å². The van der Waals surface area contributed by atoms with Crippen molar-refractivity contribution in [3.63, 3.8) is 0 Å². The average Bonchev–Trinajstić information content (AvgIpc) is 3.01. The van der Waals surface area contributed by atoms with Gasteiger partial charge in [0, 0.05) is 6.08 Å². The number of esters is 1. The molecule has 1 aliphatic rings. The quantitative estimate of drug-likeness (QED) is 0.225. The maximum absolute atomic E-state index is 11.3. The Kier molecular flexibility index (Phi) is 6.71. The first-order valence-electron chi connectivity index (χ1n) is 7.48. The van der Waals surface area contributed by atoms with E-state index in [-0.39, 0.29) is 12.2 Å². The standard InChI is InChI=1S/C18H26O3/c1-6-12-20-17(19)13-15(3)9-7-8-14(2)10-11-16-18(4,5)21-16/h1,7,9,13-14,16H,8,10-12H2,2-5H3/b9-7+,15-13+. The molecule has 2 atom stereocenters. The molecule has 0 saturated carbocycles. The van der Waals surface area contributed by atoms with Crippen molar-refractivity contribution in [3.05, 3.63) is 23.8 Å². The first kappa shape index (κ1) is 17.5. The first-order valence-corrected chi connectivity index (χ1v) is 7.48. The minimum atomic E-state index is -0.392. The van der Waals surface area contributed by atoms with Crippen LogP contribution in [0, 0.1) is 18.3 Å². The van der Waals surface area contributed by atoms with Gasteiger partial charge in [0.2, 0.25) is 0 Å². The Morgan fingerprint density at radius 2 is 2.19 bits per heavy atom. The van der Waals surface area contributed by atoms with Gasteiger partial charge >= 0.3 is 5.97 Å². The van der Waals surface area contributed by atoms with Crippen molar-refractivity contribution >= 4 is 5.97 Å². The van der Waals surface area contributed by atoms with E-state index in [0.717, 1.165) is 24.8 Å². The zero-order valence-electron chi connectivity index (χ0n) is 13.5. The van der Waals surface area contributed by atoms with Crippen LogP contribution in [-0.4, -0.2) is 24.3 Å². The molecule has 0 aromatic heterocycles. The number of ether oxygens (including phenoxy) is 2. The summed E-state index contributed by atoms with van der Waals surface area (Å²) >= 11 is 0. The average molecular weight is 290 g/mol. The number of carbonyl (C=O) groups excluding carboxylic acids is 1. The highest BCUT2D eigenvalue weighted by Gasteiger charge is 2.46. The molecule has 1 rings (SSSR count). The van der Waals surface area contributed by atoms with E-state index in [1.807, 2.05) is 13.0 Å². The first-order chi connectivity index (χ1) is 9.85. The number of rotatable bonds is 8. The molecule has 1 fully saturated rings. The lowest BCUT2D eigenvalue weighted by Gasteiger charge is -2.07. The molecular weight excluding hydrogens is 264 g/mol. The van der Waals surface area contributed by atoms with E-state index in [4.69, 9.17) is 15.9 Å². The summed E-state index contributed by atoms with van der Waals surface area (Å²) in [5.74, 6) is 2.48. The smallest absolute Gasteiger partial charge is 0.331 e. The molecule has 0 spiro atoms. The Bertz CT molecular complexity index is 452. The monoisotopic (exact) mass is 290 g/mol. The number of hydrogen-bond acceptors (Lipinski definition) is 3. The molecule has 1 heterocycles. The summed E-state index contributed by atoms with van der Waals surface area (Å²) in [5, 5.41) is 0. The van der Waals surface area contributed by atoms with Crippen LogP contribution < -0.4 is 0 Å². The van der Waals surface area contributed by atoms with Gasteiger partial charge in [0.05, 0.1) is 11.7 Å². The summed E-state index contributed by atoms with van der Waals surface area (Å²) in [7, 11) is 0. The van der Waals surface area contributed by atoms with E-state index in [1.54, 1.807) is 0 Å². The van der Waals surface area contributed by atoms with E-state index in [0.29, 0.717) is 12.0 Å². The SMILES string of the molecule is C#CCOC(=O)/C=C(C)/C=C/CC(C)CCC1OC1(C)C. The molecule has 0 N–H and O–H groups in total. The van der Waals surface area contributed by atoms with Crippen molar-refractivity contribution in [1.29, 1.82) is 0 Å². The third-order valence-electron chi connectivity index (χ3n) is 3.65. The Morgan fingerprint density at radius 1 is 1.52 bits per heavy atom. The van der Waals surface area contributed by atoms with Crippen LogP contribution in [0.5, 0.6) is 0 Å². The number of epoxide rings is 1. The molecule has 3 heteroatoms. The largest absolute Gasteiger partial charge is 0.449 e. The predicted octanol–water partition coefficient (Wildman–Crippen LogP) is 3.65. The molecule has 0 bridgehead atoms. The van der Waals surface area contributed by atoms with E-state index in [2.05, 4.69) is 32.8 Å². The van der Waals surface area contributed by atoms with Gasteiger partial charge in [0.1, 0.15) is 0 Å². The number of hydrogen-bond donors (Lipinski definition) is 0. The highest BCUT2D eigenvalue weighted by Crippen LogP contribution is 2.39. The Hall–Kier alpha value is -1.53. The highest BCUT2D eigenvalue weighted by molar-refractivity contribution is 5.83. The summed E-state index contributed by atoms with van der Waals surface area (Å²) in [6, 6.07) is 0. The fraction of sp³-hybridized carbons (Fsp3) is 0.611. The second-order valence-corrected chi connectivity index (χ2v) is 6.23.